The van der Waals surface area contributed by atoms with Crippen LogP contribution in [0.5, 0.6) is 0 Å². The van der Waals surface area contributed by atoms with Crippen LogP contribution in [-0.4, -0.2) is 21.9 Å². The number of fused-ring (bicyclic) bond motifs is 2. The number of non-ortho nitro benzene ring substituents is 1. The molecule has 0 unspecified atom stereocenters. The number of nitrogens with one attached hydrogen (secondary N) is 1. The number of rotatable bonds is 7. The van der Waals surface area contributed by atoms with Crippen molar-refractivity contribution in [2.24, 2.45) is 0 Å². The molecule has 3 heterocycles. The highest BCUT2D eigenvalue weighted by Crippen LogP contribution is 2.28. The van der Waals surface area contributed by atoms with Crippen molar-refractivity contribution in [2.75, 3.05) is 16.8 Å². The van der Waals surface area contributed by atoms with E-state index in [0.29, 0.717) is 11.9 Å². The largest absolute Gasteiger partial charge is 0.419 e. The van der Waals surface area contributed by atoms with Gasteiger partial charge in [-0.05, 0) is 60.2 Å². The lowest BCUT2D eigenvalue weighted by molar-refractivity contribution is -0.384. The Balaban J connectivity index is 1.15. The van der Waals surface area contributed by atoms with Crippen LogP contribution in [0.3, 0.4) is 0 Å². The number of nitro groups is 1. The second-order valence-corrected chi connectivity index (χ2v) is 9.17. The molecule has 9 nitrogen and oxygen atoms in total. The topological polar surface area (TPSA) is 111 Å². The quantitative estimate of drug-likeness (QED) is 0.308. The van der Waals surface area contributed by atoms with E-state index in [1.54, 1.807) is 0 Å². The predicted molar refractivity (Wildman–Crippen MR) is 131 cm³/mol. The van der Waals surface area contributed by atoms with Crippen LogP contribution in [0.25, 0.3) is 11.1 Å². The minimum absolute atomic E-state index is 0.143. The lowest BCUT2D eigenvalue weighted by Gasteiger charge is -2.29. The monoisotopic (exact) mass is 478 g/mol. The lowest BCUT2D eigenvalue weighted by atomic mass is 10.1. The Labute approximate surface area is 198 Å². The number of carbonyl (C=O) groups excluding carboxylic acids is 1. The summed E-state index contributed by atoms with van der Waals surface area (Å²) in [6.45, 7) is 2.16. The molecular formula is C24H22N4O5S. The predicted octanol–water partition coefficient (Wildman–Crippen LogP) is 4.55. The fraction of sp³-hybridized carbons (Fsp3) is 0.250. The first-order chi connectivity index (χ1) is 16.5. The Hall–Kier alpha value is -3.92. The number of hydrogen-bond donors (Lipinski definition) is 1. The second kappa shape index (κ2) is 9.14. The first-order valence-electron chi connectivity index (χ1n) is 11.0. The smallest absolute Gasteiger partial charge is 0.407 e. The molecule has 1 aliphatic heterocycles. The van der Waals surface area contributed by atoms with Gasteiger partial charge >= 0.3 is 5.76 Å². The zero-order chi connectivity index (χ0) is 23.7. The summed E-state index contributed by atoms with van der Waals surface area (Å²) in [6.07, 6.45) is 1.70. The molecule has 4 aromatic rings. The summed E-state index contributed by atoms with van der Waals surface area (Å²) in [6, 6.07) is 14.1. The fourth-order valence-electron chi connectivity index (χ4n) is 4.23. The zero-order valence-electron chi connectivity index (χ0n) is 18.2. The van der Waals surface area contributed by atoms with Gasteiger partial charge in [-0.1, -0.05) is 0 Å². The van der Waals surface area contributed by atoms with Gasteiger partial charge in [0.15, 0.2) is 5.58 Å². The molecule has 0 aliphatic carbocycles. The molecule has 0 bridgehead atoms. The Morgan fingerprint density at radius 2 is 2.00 bits per heavy atom. The zero-order valence-corrected chi connectivity index (χ0v) is 19.0. The van der Waals surface area contributed by atoms with E-state index >= 15 is 0 Å². The van der Waals surface area contributed by atoms with Crippen LogP contribution in [-0.2, 0) is 24.3 Å². The first-order valence-corrected chi connectivity index (χ1v) is 11.8. The van der Waals surface area contributed by atoms with E-state index in [9.17, 15) is 19.7 Å². The number of nitro benzene ring substituents is 1. The molecule has 0 spiro atoms. The van der Waals surface area contributed by atoms with Crippen molar-refractivity contribution in [3.05, 3.63) is 85.0 Å². The molecule has 0 saturated carbocycles. The number of hydrogen-bond acceptors (Lipinski definition) is 7. The average Bonchev–Trinajstić information content (AvgIpc) is 3.42. The molecule has 1 amide bonds. The Morgan fingerprint density at radius 3 is 2.79 bits per heavy atom. The molecule has 0 radical (unpaired) electrons. The van der Waals surface area contributed by atoms with Crippen molar-refractivity contribution in [3.8, 4) is 0 Å². The number of amides is 1. The lowest BCUT2D eigenvalue weighted by Crippen LogP contribution is -2.29. The van der Waals surface area contributed by atoms with Gasteiger partial charge in [-0.3, -0.25) is 19.5 Å². The molecule has 0 fully saturated rings. The number of aryl methyl sites for hydroxylation is 1. The molecule has 0 saturated heterocycles. The van der Waals surface area contributed by atoms with Gasteiger partial charge in [0.1, 0.15) is 0 Å². The number of nitrogens with zero attached hydrogens (tertiary/aromatic N) is 3. The maximum Gasteiger partial charge on any atom is 0.419 e. The van der Waals surface area contributed by atoms with Crippen LogP contribution >= 0.6 is 11.3 Å². The van der Waals surface area contributed by atoms with Crippen molar-refractivity contribution in [2.45, 2.75) is 32.4 Å². The Kier molecular flexibility index (Phi) is 5.89. The van der Waals surface area contributed by atoms with Crippen molar-refractivity contribution in [3.63, 3.8) is 0 Å². The second-order valence-electron chi connectivity index (χ2n) is 8.17. The highest BCUT2D eigenvalue weighted by molar-refractivity contribution is 7.10. The molecule has 34 heavy (non-hydrogen) atoms. The summed E-state index contributed by atoms with van der Waals surface area (Å²) >= 11 is 1.82. The maximum atomic E-state index is 12.4. The fourth-order valence-corrected chi connectivity index (χ4v) is 5.12. The first kappa shape index (κ1) is 21.9. The number of thiophene rings is 1. The number of carbonyl (C=O) groups is 1. The summed E-state index contributed by atoms with van der Waals surface area (Å²) in [5, 5.41) is 15.9. The van der Waals surface area contributed by atoms with E-state index in [1.807, 2.05) is 35.6 Å². The van der Waals surface area contributed by atoms with E-state index < -0.39 is 10.7 Å². The standard InChI is InChI=1S/C24H22N4O5S/c29-23(2-1-11-27-20-8-7-19(28(31)32)14-21(20)33-24(27)30)25-17-3-5-18(6-4-17)26-12-9-22-16(15-26)10-13-34-22/h3-8,10,13-14H,1-2,9,11-12,15H2,(H,25,29). The number of anilines is 2. The molecule has 174 valence electrons. The summed E-state index contributed by atoms with van der Waals surface area (Å²) in [7, 11) is 0. The van der Waals surface area contributed by atoms with Crippen molar-refractivity contribution in [1.82, 2.24) is 4.57 Å². The number of benzene rings is 2. The van der Waals surface area contributed by atoms with Crippen molar-refractivity contribution < 1.29 is 14.1 Å². The van der Waals surface area contributed by atoms with Crippen LogP contribution in [0.4, 0.5) is 17.1 Å². The van der Waals surface area contributed by atoms with E-state index in [-0.39, 0.29) is 30.1 Å². The van der Waals surface area contributed by atoms with Crippen molar-refractivity contribution >= 4 is 45.4 Å². The van der Waals surface area contributed by atoms with Crippen LogP contribution in [0.15, 0.2) is 63.1 Å². The summed E-state index contributed by atoms with van der Waals surface area (Å²) in [5.41, 5.74) is 3.72. The van der Waals surface area contributed by atoms with Crippen LogP contribution in [0.1, 0.15) is 23.3 Å². The highest BCUT2D eigenvalue weighted by atomic mass is 32.1. The number of aromatic nitrogens is 1. The van der Waals surface area contributed by atoms with Gasteiger partial charge in [0.2, 0.25) is 5.91 Å². The van der Waals surface area contributed by atoms with E-state index in [0.717, 1.165) is 30.9 Å². The maximum absolute atomic E-state index is 12.4. The average molecular weight is 479 g/mol. The Morgan fingerprint density at radius 1 is 1.18 bits per heavy atom. The van der Waals surface area contributed by atoms with E-state index in [4.69, 9.17) is 4.42 Å². The van der Waals surface area contributed by atoms with Crippen LogP contribution in [0, 0.1) is 10.1 Å². The van der Waals surface area contributed by atoms with E-state index in [1.165, 1.54) is 33.2 Å². The van der Waals surface area contributed by atoms with Gasteiger partial charge < -0.3 is 14.6 Å². The Bertz CT molecular complexity index is 1420. The van der Waals surface area contributed by atoms with Crippen molar-refractivity contribution in [1.29, 1.82) is 0 Å². The minimum atomic E-state index is -0.598. The minimum Gasteiger partial charge on any atom is -0.407 e. The van der Waals surface area contributed by atoms with E-state index in [2.05, 4.69) is 21.7 Å². The molecule has 10 heteroatoms. The third-order valence-electron chi connectivity index (χ3n) is 5.97. The van der Waals surface area contributed by atoms with Crippen LogP contribution in [0.2, 0.25) is 0 Å². The molecule has 2 aromatic heterocycles. The SMILES string of the molecule is O=C(CCCn1c(=O)oc2cc([N+](=O)[O-])ccc21)Nc1ccc(N2CCc3sccc3C2)cc1. The number of oxazole rings is 1. The molecule has 5 rings (SSSR count). The third kappa shape index (κ3) is 4.44. The molecular weight excluding hydrogens is 456 g/mol. The normalized spacial score (nSPS) is 13.1. The highest BCUT2D eigenvalue weighted by Gasteiger charge is 2.18. The van der Waals surface area contributed by atoms with Gasteiger partial charge in [0, 0.05) is 48.4 Å². The molecule has 1 N–H and O–H groups in total. The molecule has 2 aromatic carbocycles. The van der Waals surface area contributed by atoms with Gasteiger partial charge in [0.05, 0.1) is 16.5 Å². The molecule has 0 atom stereocenters. The summed E-state index contributed by atoms with van der Waals surface area (Å²) < 4.78 is 6.51. The summed E-state index contributed by atoms with van der Waals surface area (Å²) in [4.78, 5) is 38.7. The van der Waals surface area contributed by atoms with Gasteiger partial charge in [-0.2, -0.15) is 0 Å². The summed E-state index contributed by atoms with van der Waals surface area (Å²) in [5.74, 6) is -0.746. The third-order valence-corrected chi connectivity index (χ3v) is 7.00. The van der Waals surface area contributed by atoms with Gasteiger partial charge in [0.25, 0.3) is 5.69 Å². The van der Waals surface area contributed by atoms with Gasteiger partial charge in [-0.15, -0.1) is 11.3 Å². The van der Waals surface area contributed by atoms with Crippen LogP contribution < -0.4 is 16.0 Å². The van der Waals surface area contributed by atoms with Gasteiger partial charge in [-0.25, -0.2) is 4.79 Å². The molecule has 1 aliphatic rings.